The predicted molar refractivity (Wildman–Crippen MR) is 77.6 cm³/mol. The van der Waals surface area contributed by atoms with Gasteiger partial charge in [0.25, 0.3) is 0 Å². The summed E-state index contributed by atoms with van der Waals surface area (Å²) in [6.45, 7) is 5.58. The zero-order valence-corrected chi connectivity index (χ0v) is 11.8. The van der Waals surface area contributed by atoms with Crippen LogP contribution in [0.2, 0.25) is 0 Å². The first kappa shape index (κ1) is 14.8. The summed E-state index contributed by atoms with van der Waals surface area (Å²) in [4.78, 5) is 2.07. The molecule has 1 aromatic rings. The molecule has 1 aliphatic heterocycles. The van der Waals surface area contributed by atoms with Gasteiger partial charge in [0.1, 0.15) is 6.07 Å². The number of aliphatic hydroxyl groups excluding tert-OH is 1. The van der Waals surface area contributed by atoms with Crippen molar-refractivity contribution in [1.29, 1.82) is 5.26 Å². The molecule has 108 valence electrons. The molecule has 1 unspecified atom stereocenters. The number of morpholine rings is 1. The summed E-state index contributed by atoms with van der Waals surface area (Å²) in [7, 11) is 0. The minimum atomic E-state index is -0.0736. The van der Waals surface area contributed by atoms with Crippen molar-refractivity contribution in [1.82, 2.24) is 5.32 Å². The second kappa shape index (κ2) is 7.25. The zero-order valence-electron chi connectivity index (χ0n) is 11.8. The van der Waals surface area contributed by atoms with E-state index in [0.29, 0.717) is 25.3 Å². The van der Waals surface area contributed by atoms with Crippen LogP contribution in [0.4, 0.5) is 5.69 Å². The highest BCUT2D eigenvalue weighted by atomic mass is 16.5. The molecule has 1 atom stereocenters. The summed E-state index contributed by atoms with van der Waals surface area (Å²) in [5.41, 5.74) is 2.64. The minimum Gasteiger partial charge on any atom is -0.394 e. The van der Waals surface area contributed by atoms with Crippen molar-refractivity contribution in [2.24, 2.45) is 0 Å². The molecule has 1 aromatic carbocycles. The zero-order chi connectivity index (χ0) is 14.4. The third kappa shape index (κ3) is 3.28. The van der Waals surface area contributed by atoms with Crippen molar-refractivity contribution in [2.75, 3.05) is 37.8 Å². The first-order valence-corrected chi connectivity index (χ1v) is 6.99. The van der Waals surface area contributed by atoms with Crippen LogP contribution in [-0.4, -0.2) is 44.1 Å². The van der Waals surface area contributed by atoms with Gasteiger partial charge in [-0.1, -0.05) is 13.0 Å². The monoisotopic (exact) mass is 275 g/mol. The van der Waals surface area contributed by atoms with Gasteiger partial charge in [-0.05, 0) is 24.2 Å². The van der Waals surface area contributed by atoms with Crippen LogP contribution in [0.25, 0.3) is 0 Å². The van der Waals surface area contributed by atoms with Crippen LogP contribution in [0.1, 0.15) is 18.1 Å². The number of anilines is 1. The summed E-state index contributed by atoms with van der Waals surface area (Å²) < 4.78 is 5.38. The summed E-state index contributed by atoms with van der Waals surface area (Å²) in [5.74, 6) is 0. The second-order valence-electron chi connectivity index (χ2n) is 4.85. The Morgan fingerprint density at radius 2 is 2.40 bits per heavy atom. The average Bonchev–Trinajstić information content (AvgIpc) is 2.52. The number of rotatable bonds is 5. The predicted octanol–water partition coefficient (Wildman–Crippen LogP) is 0.865. The fourth-order valence-corrected chi connectivity index (χ4v) is 2.43. The quantitative estimate of drug-likeness (QED) is 0.834. The summed E-state index contributed by atoms with van der Waals surface area (Å²) in [5, 5.41) is 22.1. The number of ether oxygens (including phenoxy) is 1. The molecular formula is C15H21N3O2. The van der Waals surface area contributed by atoms with E-state index in [1.54, 1.807) is 0 Å². The van der Waals surface area contributed by atoms with E-state index in [-0.39, 0.29) is 12.6 Å². The van der Waals surface area contributed by atoms with Gasteiger partial charge in [0.15, 0.2) is 0 Å². The Kier molecular flexibility index (Phi) is 5.36. The van der Waals surface area contributed by atoms with Crippen LogP contribution in [0, 0.1) is 11.3 Å². The van der Waals surface area contributed by atoms with E-state index in [2.05, 4.69) is 23.2 Å². The van der Waals surface area contributed by atoms with Gasteiger partial charge in [0.05, 0.1) is 37.1 Å². The molecule has 1 heterocycles. The molecule has 5 heteroatoms. The van der Waals surface area contributed by atoms with E-state index in [0.717, 1.165) is 24.3 Å². The highest BCUT2D eigenvalue weighted by molar-refractivity contribution is 5.61. The number of nitriles is 1. The molecule has 0 aliphatic carbocycles. The van der Waals surface area contributed by atoms with Crippen molar-refractivity contribution in [3.8, 4) is 6.07 Å². The lowest BCUT2D eigenvalue weighted by Crippen LogP contribution is -2.48. The van der Waals surface area contributed by atoms with Crippen molar-refractivity contribution in [2.45, 2.75) is 19.5 Å². The summed E-state index contributed by atoms with van der Waals surface area (Å²) >= 11 is 0. The van der Waals surface area contributed by atoms with Gasteiger partial charge < -0.3 is 20.1 Å². The van der Waals surface area contributed by atoms with E-state index in [1.165, 1.54) is 0 Å². The number of aliphatic hydroxyl groups is 1. The molecule has 1 aliphatic rings. The maximum Gasteiger partial charge on any atom is 0.101 e. The molecule has 0 aromatic heterocycles. The number of hydrogen-bond acceptors (Lipinski definition) is 5. The third-order valence-corrected chi connectivity index (χ3v) is 3.51. The molecule has 20 heavy (non-hydrogen) atoms. The van der Waals surface area contributed by atoms with Crippen LogP contribution in [-0.2, 0) is 11.3 Å². The van der Waals surface area contributed by atoms with E-state index >= 15 is 0 Å². The Hall–Kier alpha value is -1.61. The molecule has 0 saturated carbocycles. The molecule has 2 N–H and O–H groups in total. The third-order valence-electron chi connectivity index (χ3n) is 3.51. The largest absolute Gasteiger partial charge is 0.394 e. The van der Waals surface area contributed by atoms with Crippen LogP contribution in [0.5, 0.6) is 0 Å². The fourth-order valence-electron chi connectivity index (χ4n) is 2.43. The van der Waals surface area contributed by atoms with Crippen molar-refractivity contribution < 1.29 is 9.84 Å². The van der Waals surface area contributed by atoms with Gasteiger partial charge in [-0.3, -0.25) is 0 Å². The first-order valence-electron chi connectivity index (χ1n) is 6.99. The number of benzene rings is 1. The number of nitrogens with one attached hydrogen (secondary N) is 1. The van der Waals surface area contributed by atoms with E-state index in [1.807, 2.05) is 18.2 Å². The normalized spacial score (nSPS) is 18.9. The Bertz CT molecular complexity index is 484. The number of nitrogens with zero attached hydrogens (tertiary/aromatic N) is 2. The topological polar surface area (TPSA) is 68.5 Å². The van der Waals surface area contributed by atoms with Crippen LogP contribution in [0.15, 0.2) is 18.2 Å². The molecule has 1 fully saturated rings. The van der Waals surface area contributed by atoms with Gasteiger partial charge in [0, 0.05) is 13.1 Å². The molecule has 0 spiro atoms. The van der Waals surface area contributed by atoms with Crippen LogP contribution < -0.4 is 10.2 Å². The maximum atomic E-state index is 9.44. The minimum absolute atomic E-state index is 0.0318. The average molecular weight is 275 g/mol. The molecule has 0 amide bonds. The second-order valence-corrected chi connectivity index (χ2v) is 4.85. The summed E-state index contributed by atoms with van der Waals surface area (Å²) in [6, 6.07) is 8.11. The van der Waals surface area contributed by atoms with Crippen LogP contribution >= 0.6 is 0 Å². The van der Waals surface area contributed by atoms with E-state index < -0.39 is 0 Å². The van der Waals surface area contributed by atoms with Gasteiger partial charge in [0.2, 0.25) is 0 Å². The van der Waals surface area contributed by atoms with Gasteiger partial charge in [-0.15, -0.1) is 0 Å². The van der Waals surface area contributed by atoms with Gasteiger partial charge >= 0.3 is 0 Å². The Morgan fingerprint density at radius 1 is 1.55 bits per heavy atom. The van der Waals surface area contributed by atoms with E-state index in [4.69, 9.17) is 4.74 Å². The molecule has 0 bridgehead atoms. The van der Waals surface area contributed by atoms with Crippen LogP contribution in [0.3, 0.4) is 0 Å². The molecule has 0 radical (unpaired) electrons. The number of hydrogen-bond donors (Lipinski definition) is 2. The molecule has 1 saturated heterocycles. The maximum absolute atomic E-state index is 9.44. The Morgan fingerprint density at radius 3 is 3.10 bits per heavy atom. The van der Waals surface area contributed by atoms with Crippen molar-refractivity contribution in [3.05, 3.63) is 29.3 Å². The molecular weight excluding hydrogens is 254 g/mol. The van der Waals surface area contributed by atoms with Gasteiger partial charge in [-0.25, -0.2) is 0 Å². The lowest BCUT2D eigenvalue weighted by Gasteiger charge is -2.36. The van der Waals surface area contributed by atoms with Gasteiger partial charge in [-0.2, -0.15) is 5.26 Å². The first-order chi connectivity index (χ1) is 9.80. The highest BCUT2D eigenvalue weighted by Gasteiger charge is 2.24. The Labute approximate surface area is 119 Å². The lowest BCUT2D eigenvalue weighted by molar-refractivity contribution is 0.0727. The highest BCUT2D eigenvalue weighted by Crippen LogP contribution is 2.25. The Balaban J connectivity index is 2.24. The van der Waals surface area contributed by atoms with Crippen molar-refractivity contribution >= 4 is 5.69 Å². The smallest absolute Gasteiger partial charge is 0.101 e. The molecule has 5 nitrogen and oxygen atoms in total. The standard InChI is InChI=1S/C15H21N3O2/c1-2-17-9-12-3-4-15(13(7-12)8-16)18-5-6-20-11-14(18)10-19/h3-4,7,14,17,19H,2,5-6,9-11H2,1H3. The fraction of sp³-hybridized carbons (Fsp3) is 0.533. The lowest BCUT2D eigenvalue weighted by atomic mass is 10.1. The molecule has 2 rings (SSSR count). The summed E-state index contributed by atoms with van der Waals surface area (Å²) in [6.07, 6.45) is 0. The van der Waals surface area contributed by atoms with E-state index in [9.17, 15) is 10.4 Å². The van der Waals surface area contributed by atoms with Crippen molar-refractivity contribution in [3.63, 3.8) is 0 Å². The SMILES string of the molecule is CCNCc1ccc(N2CCOCC2CO)c(C#N)c1.